The smallest absolute Gasteiger partial charge is 0.0342 e. The molecule has 0 fully saturated rings. The van der Waals surface area contributed by atoms with E-state index in [4.69, 9.17) is 0 Å². The van der Waals surface area contributed by atoms with Crippen molar-refractivity contribution in [2.45, 2.75) is 26.3 Å². The van der Waals surface area contributed by atoms with Crippen molar-refractivity contribution < 1.29 is 0 Å². The molecule has 0 amide bonds. The van der Waals surface area contributed by atoms with Crippen LogP contribution in [-0.2, 0) is 0 Å². The zero-order valence-electron chi connectivity index (χ0n) is 7.75. The molecule has 0 aliphatic heterocycles. The predicted molar refractivity (Wildman–Crippen MR) is 54.1 cm³/mol. The molecule has 65 valence electrons. The van der Waals surface area contributed by atoms with E-state index in [9.17, 15) is 0 Å². The van der Waals surface area contributed by atoms with Gasteiger partial charge in [-0.1, -0.05) is 25.1 Å². The van der Waals surface area contributed by atoms with Gasteiger partial charge in [0.2, 0.25) is 0 Å². The van der Waals surface area contributed by atoms with Crippen LogP contribution in [0.2, 0.25) is 0 Å². The van der Waals surface area contributed by atoms with E-state index >= 15 is 0 Å². The Morgan fingerprint density at radius 1 is 1.33 bits per heavy atom. The van der Waals surface area contributed by atoms with Crippen molar-refractivity contribution in [3.63, 3.8) is 0 Å². The zero-order chi connectivity index (χ0) is 8.81. The summed E-state index contributed by atoms with van der Waals surface area (Å²) in [5.41, 5.74) is 1.20. The normalized spacial score (nSPS) is 12.5. The average Bonchev–Trinajstić information content (AvgIpc) is 2.06. The summed E-state index contributed by atoms with van der Waals surface area (Å²) in [5, 5.41) is 3.41. The monoisotopic (exact) mass is 162 g/mol. The minimum Gasteiger partial charge on any atom is -0.383 e. The maximum Gasteiger partial charge on any atom is 0.0342 e. The first-order valence-electron chi connectivity index (χ1n) is 4.42. The second-order valence-corrected chi connectivity index (χ2v) is 3.06. The molecule has 0 bridgehead atoms. The summed E-state index contributed by atoms with van der Waals surface area (Å²) in [7, 11) is 0. The maximum atomic E-state index is 3.41. The van der Waals surface area contributed by atoms with Crippen molar-refractivity contribution in [1.82, 2.24) is 0 Å². The van der Waals surface area contributed by atoms with Crippen LogP contribution in [0.5, 0.6) is 0 Å². The fourth-order valence-electron chi connectivity index (χ4n) is 1.23. The number of hydrogen-bond donors (Lipinski definition) is 1. The molecule has 0 saturated carbocycles. The molecule has 1 nitrogen and oxygen atoms in total. The summed E-state index contributed by atoms with van der Waals surface area (Å²) < 4.78 is 0. The van der Waals surface area contributed by atoms with Crippen LogP contribution < -0.4 is 5.32 Å². The highest BCUT2D eigenvalue weighted by molar-refractivity contribution is 5.43. The van der Waals surface area contributed by atoms with E-state index in [2.05, 4.69) is 37.7 Å². The SMILES string of the molecule is C[CH]CC(C)Nc1ccccc1. The Kier molecular flexibility index (Phi) is 3.65. The van der Waals surface area contributed by atoms with E-state index in [1.165, 1.54) is 5.69 Å². The lowest BCUT2D eigenvalue weighted by Gasteiger charge is -2.13. The molecule has 0 saturated heterocycles. The molecule has 0 aromatic heterocycles. The first kappa shape index (κ1) is 9.11. The van der Waals surface area contributed by atoms with E-state index < -0.39 is 0 Å². The summed E-state index contributed by atoms with van der Waals surface area (Å²) >= 11 is 0. The standard InChI is InChI=1S/C11H16N/c1-3-7-10(2)12-11-8-5-4-6-9-11/h3-6,8-10,12H,7H2,1-2H3. The van der Waals surface area contributed by atoms with Crippen molar-refractivity contribution in [3.8, 4) is 0 Å². The molecule has 1 aromatic rings. The summed E-state index contributed by atoms with van der Waals surface area (Å²) in [5.74, 6) is 0. The summed E-state index contributed by atoms with van der Waals surface area (Å²) in [6.07, 6.45) is 3.29. The molecule has 0 aliphatic carbocycles. The van der Waals surface area contributed by atoms with Gasteiger partial charge < -0.3 is 5.32 Å². The predicted octanol–water partition coefficient (Wildman–Crippen LogP) is 3.10. The third-order valence-electron chi connectivity index (χ3n) is 1.78. The topological polar surface area (TPSA) is 12.0 Å². The molecule has 0 aliphatic rings. The highest BCUT2D eigenvalue weighted by Crippen LogP contribution is 2.08. The fraction of sp³-hybridized carbons (Fsp3) is 0.364. The molecule has 1 heteroatoms. The van der Waals surface area contributed by atoms with Gasteiger partial charge in [-0.15, -0.1) is 0 Å². The Hall–Kier alpha value is -0.980. The van der Waals surface area contributed by atoms with Gasteiger partial charge in [-0.3, -0.25) is 0 Å². The Balaban J connectivity index is 2.41. The number of nitrogens with one attached hydrogen (secondary N) is 1. The second kappa shape index (κ2) is 4.81. The average molecular weight is 162 g/mol. The third kappa shape index (κ3) is 2.95. The van der Waals surface area contributed by atoms with Gasteiger partial charge in [0, 0.05) is 11.7 Å². The molecular weight excluding hydrogens is 146 g/mol. The zero-order valence-corrected chi connectivity index (χ0v) is 7.75. The summed E-state index contributed by atoms with van der Waals surface area (Å²) in [6.45, 7) is 4.27. The van der Waals surface area contributed by atoms with Gasteiger partial charge in [0.05, 0.1) is 0 Å². The van der Waals surface area contributed by atoms with E-state index in [0.29, 0.717) is 6.04 Å². The minimum absolute atomic E-state index is 0.525. The Morgan fingerprint density at radius 3 is 2.58 bits per heavy atom. The van der Waals surface area contributed by atoms with Crippen LogP contribution in [0.4, 0.5) is 5.69 Å². The van der Waals surface area contributed by atoms with Crippen molar-refractivity contribution in [2.75, 3.05) is 5.32 Å². The molecule has 0 spiro atoms. The van der Waals surface area contributed by atoms with E-state index in [-0.39, 0.29) is 0 Å². The number of benzene rings is 1. The van der Waals surface area contributed by atoms with Gasteiger partial charge in [-0.05, 0) is 31.9 Å². The molecule has 1 atom stereocenters. The molecule has 1 radical (unpaired) electrons. The van der Waals surface area contributed by atoms with Crippen LogP contribution in [-0.4, -0.2) is 6.04 Å². The van der Waals surface area contributed by atoms with Gasteiger partial charge in [0.1, 0.15) is 0 Å². The quantitative estimate of drug-likeness (QED) is 0.717. The van der Waals surface area contributed by atoms with Gasteiger partial charge >= 0.3 is 0 Å². The lowest BCUT2D eigenvalue weighted by Crippen LogP contribution is -2.14. The Morgan fingerprint density at radius 2 is 2.00 bits per heavy atom. The van der Waals surface area contributed by atoms with Crippen LogP contribution in [0, 0.1) is 6.42 Å². The van der Waals surface area contributed by atoms with Gasteiger partial charge in [0.15, 0.2) is 0 Å². The molecular formula is C11H16N. The first-order chi connectivity index (χ1) is 5.83. The Bertz CT molecular complexity index is 206. The van der Waals surface area contributed by atoms with E-state index in [1.54, 1.807) is 0 Å². The van der Waals surface area contributed by atoms with Crippen LogP contribution in [0.25, 0.3) is 0 Å². The molecule has 1 N–H and O–H groups in total. The van der Waals surface area contributed by atoms with Crippen molar-refractivity contribution in [1.29, 1.82) is 0 Å². The highest BCUT2D eigenvalue weighted by Gasteiger charge is 1.98. The van der Waals surface area contributed by atoms with E-state index in [0.717, 1.165) is 6.42 Å². The number of rotatable bonds is 4. The van der Waals surface area contributed by atoms with Crippen molar-refractivity contribution >= 4 is 5.69 Å². The van der Waals surface area contributed by atoms with Gasteiger partial charge in [0.25, 0.3) is 0 Å². The molecule has 0 heterocycles. The minimum atomic E-state index is 0.525. The number of anilines is 1. The lowest BCUT2D eigenvalue weighted by molar-refractivity contribution is 0.778. The number of para-hydroxylation sites is 1. The molecule has 12 heavy (non-hydrogen) atoms. The molecule has 1 aromatic carbocycles. The summed E-state index contributed by atoms with van der Waals surface area (Å²) in [6, 6.07) is 10.8. The fourth-order valence-corrected chi connectivity index (χ4v) is 1.23. The third-order valence-corrected chi connectivity index (χ3v) is 1.78. The van der Waals surface area contributed by atoms with Gasteiger partial charge in [-0.25, -0.2) is 0 Å². The van der Waals surface area contributed by atoms with Crippen LogP contribution >= 0.6 is 0 Å². The van der Waals surface area contributed by atoms with Gasteiger partial charge in [-0.2, -0.15) is 0 Å². The largest absolute Gasteiger partial charge is 0.383 e. The lowest BCUT2D eigenvalue weighted by atomic mass is 10.2. The van der Waals surface area contributed by atoms with Crippen LogP contribution in [0.15, 0.2) is 30.3 Å². The highest BCUT2D eigenvalue weighted by atomic mass is 14.9. The van der Waals surface area contributed by atoms with Crippen molar-refractivity contribution in [2.24, 2.45) is 0 Å². The van der Waals surface area contributed by atoms with E-state index in [1.807, 2.05) is 18.2 Å². The second-order valence-electron chi connectivity index (χ2n) is 3.06. The van der Waals surface area contributed by atoms with Crippen LogP contribution in [0.1, 0.15) is 20.3 Å². The van der Waals surface area contributed by atoms with Crippen LogP contribution in [0.3, 0.4) is 0 Å². The molecule has 1 unspecified atom stereocenters. The summed E-state index contributed by atoms with van der Waals surface area (Å²) in [4.78, 5) is 0. The maximum absolute atomic E-state index is 3.41. The first-order valence-corrected chi connectivity index (χ1v) is 4.42. The Labute approximate surface area is 74.8 Å². The number of hydrogen-bond acceptors (Lipinski definition) is 1. The molecule has 1 rings (SSSR count). The van der Waals surface area contributed by atoms with Crippen molar-refractivity contribution in [3.05, 3.63) is 36.8 Å².